The zero-order valence-electron chi connectivity index (χ0n) is 20.9. The molecule has 0 aliphatic rings. The van der Waals surface area contributed by atoms with E-state index < -0.39 is 23.9 Å². The van der Waals surface area contributed by atoms with Crippen molar-refractivity contribution in [2.45, 2.75) is 13.0 Å². The summed E-state index contributed by atoms with van der Waals surface area (Å²) in [5.74, 6) is -1.74. The third-order valence-electron chi connectivity index (χ3n) is 5.41. The third kappa shape index (κ3) is 7.21. The van der Waals surface area contributed by atoms with Gasteiger partial charge in [-0.05, 0) is 35.9 Å². The molecule has 2 aromatic heterocycles. The highest BCUT2D eigenvalue weighted by Gasteiger charge is 2.25. The second-order valence-electron chi connectivity index (χ2n) is 8.17. The minimum atomic E-state index is -3.00. The van der Waals surface area contributed by atoms with Crippen LogP contribution in [0.3, 0.4) is 0 Å². The highest BCUT2D eigenvalue weighted by atomic mass is 35.5. The number of amides is 2. The standard InChI is InChI=1S/C27H19Cl2F2N7O3/c28-18-11-17(14-32)23(19(12-18)26(39)34-9-10-35-41-15-16-5-2-1-3-6-16)36-27(40)22-13-21(24(30)31)37-38(22)25-20(29)7-4-8-33-25/h1-8,10-13,24H,9,15H2,(H,34,39)(H,36,40)/b35-10+. The predicted molar refractivity (Wildman–Crippen MR) is 148 cm³/mol. The van der Waals surface area contributed by atoms with E-state index in [1.165, 1.54) is 36.7 Å². The van der Waals surface area contributed by atoms with Gasteiger partial charge in [0.2, 0.25) is 0 Å². The van der Waals surface area contributed by atoms with Gasteiger partial charge in [-0.1, -0.05) is 58.7 Å². The number of oxime groups is 1. The minimum absolute atomic E-state index is 0.0455. The Morgan fingerprint density at radius 2 is 1.90 bits per heavy atom. The molecule has 0 spiro atoms. The van der Waals surface area contributed by atoms with Crippen molar-refractivity contribution >= 4 is 46.9 Å². The van der Waals surface area contributed by atoms with Gasteiger partial charge in [-0.3, -0.25) is 9.59 Å². The molecule has 208 valence electrons. The smallest absolute Gasteiger partial charge is 0.282 e. The quantitative estimate of drug-likeness (QED) is 0.181. The van der Waals surface area contributed by atoms with Crippen molar-refractivity contribution in [3.8, 4) is 11.9 Å². The molecule has 0 atom stereocenters. The lowest BCUT2D eigenvalue weighted by molar-refractivity contribution is 0.0959. The number of alkyl halides is 2. The molecule has 4 rings (SSSR count). The molecular formula is C27H19Cl2F2N7O3. The van der Waals surface area contributed by atoms with Crippen LogP contribution in [0.5, 0.6) is 0 Å². The minimum Gasteiger partial charge on any atom is -0.391 e. The molecule has 0 saturated heterocycles. The summed E-state index contributed by atoms with van der Waals surface area (Å²) in [6, 6.07) is 17.5. The van der Waals surface area contributed by atoms with Crippen LogP contribution in [-0.4, -0.2) is 39.3 Å². The number of aromatic nitrogens is 3. The van der Waals surface area contributed by atoms with Crippen LogP contribution < -0.4 is 10.6 Å². The summed E-state index contributed by atoms with van der Waals surface area (Å²) in [6.45, 7) is 0.174. The fourth-order valence-corrected chi connectivity index (χ4v) is 3.98. The number of carbonyl (C=O) groups excluding carboxylic acids is 2. The van der Waals surface area contributed by atoms with E-state index in [9.17, 15) is 23.6 Å². The van der Waals surface area contributed by atoms with E-state index in [1.807, 2.05) is 36.4 Å². The maximum Gasteiger partial charge on any atom is 0.282 e. The Hall–Kier alpha value is -4.86. The van der Waals surface area contributed by atoms with E-state index in [0.29, 0.717) is 0 Å². The summed E-state index contributed by atoms with van der Waals surface area (Å²) >= 11 is 12.3. The highest BCUT2D eigenvalue weighted by molar-refractivity contribution is 6.32. The Morgan fingerprint density at radius 1 is 1.12 bits per heavy atom. The number of carbonyl (C=O) groups is 2. The van der Waals surface area contributed by atoms with Gasteiger partial charge >= 0.3 is 0 Å². The van der Waals surface area contributed by atoms with Crippen LogP contribution in [-0.2, 0) is 11.4 Å². The summed E-state index contributed by atoms with van der Waals surface area (Å²) in [5, 5.41) is 22.3. The molecule has 0 bridgehead atoms. The average molecular weight is 598 g/mol. The molecule has 0 radical (unpaired) electrons. The van der Waals surface area contributed by atoms with Gasteiger partial charge in [-0.15, -0.1) is 0 Å². The Bertz CT molecular complexity index is 1640. The molecule has 14 heteroatoms. The average Bonchev–Trinajstić information content (AvgIpc) is 3.42. The third-order valence-corrected chi connectivity index (χ3v) is 5.92. The normalized spacial score (nSPS) is 10.9. The lowest BCUT2D eigenvalue weighted by atomic mass is 10.1. The largest absolute Gasteiger partial charge is 0.391 e. The molecule has 2 N–H and O–H groups in total. The second kappa shape index (κ2) is 13.5. The van der Waals surface area contributed by atoms with Crippen molar-refractivity contribution in [2.75, 3.05) is 11.9 Å². The summed E-state index contributed by atoms with van der Waals surface area (Å²) in [6.07, 6.45) is -0.344. The lowest BCUT2D eigenvalue weighted by Gasteiger charge is -2.14. The lowest BCUT2D eigenvalue weighted by Crippen LogP contribution is -2.27. The van der Waals surface area contributed by atoms with Crippen LogP contribution in [0, 0.1) is 11.3 Å². The number of nitrogens with one attached hydrogen (secondary N) is 2. The van der Waals surface area contributed by atoms with Crippen molar-refractivity contribution in [1.82, 2.24) is 20.1 Å². The topological polar surface area (TPSA) is 134 Å². The van der Waals surface area contributed by atoms with Crippen LogP contribution in [0.4, 0.5) is 14.5 Å². The summed E-state index contributed by atoms with van der Waals surface area (Å²) in [7, 11) is 0. The van der Waals surface area contributed by atoms with Gasteiger partial charge in [-0.25, -0.2) is 18.4 Å². The fourth-order valence-electron chi connectivity index (χ4n) is 3.56. The van der Waals surface area contributed by atoms with Crippen molar-refractivity contribution in [3.05, 3.63) is 105 Å². The molecule has 0 aliphatic carbocycles. The Balaban J connectivity index is 1.56. The number of rotatable bonds is 10. The Morgan fingerprint density at radius 3 is 2.61 bits per heavy atom. The summed E-state index contributed by atoms with van der Waals surface area (Å²) in [4.78, 5) is 35.5. The molecule has 41 heavy (non-hydrogen) atoms. The van der Waals surface area contributed by atoms with Gasteiger partial charge in [-0.2, -0.15) is 10.4 Å². The summed E-state index contributed by atoms with van der Waals surface area (Å²) < 4.78 is 27.8. The zero-order valence-corrected chi connectivity index (χ0v) is 22.4. The Labute approximate surface area is 242 Å². The Kier molecular flexibility index (Phi) is 9.57. The molecule has 0 saturated carbocycles. The molecule has 2 amide bonds. The van der Waals surface area contributed by atoms with Crippen LogP contribution in [0.15, 0.2) is 72.0 Å². The first-order valence-electron chi connectivity index (χ1n) is 11.8. The van der Waals surface area contributed by atoms with Gasteiger partial charge in [0, 0.05) is 11.2 Å². The zero-order chi connectivity index (χ0) is 29.4. The number of halogens is 4. The van der Waals surface area contributed by atoms with E-state index in [-0.39, 0.29) is 51.5 Å². The first kappa shape index (κ1) is 29.1. The van der Waals surface area contributed by atoms with Crippen LogP contribution in [0.2, 0.25) is 10.0 Å². The van der Waals surface area contributed by atoms with Crippen molar-refractivity contribution in [3.63, 3.8) is 0 Å². The van der Waals surface area contributed by atoms with E-state index >= 15 is 0 Å². The second-order valence-corrected chi connectivity index (χ2v) is 9.02. The van der Waals surface area contributed by atoms with Crippen molar-refractivity contribution < 1.29 is 23.2 Å². The van der Waals surface area contributed by atoms with E-state index in [2.05, 4.69) is 25.9 Å². The number of hydrogen-bond donors (Lipinski definition) is 2. The first-order valence-corrected chi connectivity index (χ1v) is 12.5. The van der Waals surface area contributed by atoms with Crippen LogP contribution in [0.25, 0.3) is 5.82 Å². The molecule has 2 aromatic carbocycles. The summed E-state index contributed by atoms with van der Waals surface area (Å²) in [5.41, 5.74) is -0.669. The van der Waals surface area contributed by atoms with E-state index in [4.69, 9.17) is 28.0 Å². The molecule has 2 heterocycles. The number of anilines is 1. The number of pyridine rings is 1. The van der Waals surface area contributed by atoms with Gasteiger partial charge in [0.1, 0.15) is 24.1 Å². The number of benzene rings is 2. The molecule has 0 fully saturated rings. The van der Waals surface area contributed by atoms with Gasteiger partial charge in [0.05, 0.1) is 34.6 Å². The number of nitriles is 1. The number of nitrogens with zero attached hydrogens (tertiary/aromatic N) is 5. The highest BCUT2D eigenvalue weighted by Crippen LogP contribution is 2.28. The van der Waals surface area contributed by atoms with Gasteiger partial charge < -0.3 is 15.5 Å². The maximum atomic E-state index is 13.5. The molecule has 0 aliphatic heterocycles. The fraction of sp³-hybridized carbons (Fsp3) is 0.111. The van der Waals surface area contributed by atoms with E-state index in [0.717, 1.165) is 16.3 Å². The molecule has 0 unspecified atom stereocenters. The van der Waals surface area contributed by atoms with Crippen molar-refractivity contribution in [2.24, 2.45) is 5.16 Å². The van der Waals surface area contributed by atoms with Gasteiger partial charge in [0.25, 0.3) is 18.2 Å². The number of hydrogen-bond acceptors (Lipinski definition) is 7. The molecule has 4 aromatic rings. The monoisotopic (exact) mass is 597 g/mol. The first-order chi connectivity index (χ1) is 19.8. The van der Waals surface area contributed by atoms with Crippen molar-refractivity contribution in [1.29, 1.82) is 5.26 Å². The molecular weight excluding hydrogens is 579 g/mol. The van der Waals surface area contributed by atoms with Crippen LogP contribution >= 0.6 is 23.2 Å². The van der Waals surface area contributed by atoms with Crippen LogP contribution in [0.1, 0.15) is 44.1 Å². The molecule has 10 nitrogen and oxygen atoms in total. The van der Waals surface area contributed by atoms with Gasteiger partial charge in [0.15, 0.2) is 5.82 Å². The maximum absolute atomic E-state index is 13.5. The van der Waals surface area contributed by atoms with E-state index in [1.54, 1.807) is 0 Å². The predicted octanol–water partition coefficient (Wildman–Crippen LogP) is 5.57. The SMILES string of the molecule is N#Cc1cc(Cl)cc(C(=O)NC/C=N/OCc2ccccc2)c1NC(=O)c1cc(C(F)F)nn1-c1ncccc1Cl.